The monoisotopic (exact) mass is 470 g/mol. The first-order valence-corrected chi connectivity index (χ1v) is 11.2. The second kappa shape index (κ2) is 8.74. The number of nitro groups is 1. The van der Waals surface area contributed by atoms with Crippen molar-refractivity contribution < 1.29 is 24.0 Å². The van der Waals surface area contributed by atoms with Crippen LogP contribution in [0.4, 0.5) is 11.4 Å². The SMILES string of the molecule is CC1(C(=O)OCc2ccc([N+](=O)[O-])cc2)CS[C@@H]2C(NC(=O)c3ccc(N)cc3)C(=O)N2C1. The van der Waals surface area contributed by atoms with Crippen LogP contribution in [0.2, 0.25) is 0 Å². The van der Waals surface area contributed by atoms with Gasteiger partial charge in [0.25, 0.3) is 11.6 Å². The quantitative estimate of drug-likeness (QED) is 0.214. The lowest BCUT2D eigenvalue weighted by atomic mass is 9.89. The molecule has 2 aliphatic rings. The van der Waals surface area contributed by atoms with Crippen LogP contribution in [0.5, 0.6) is 0 Å². The number of nitrogens with two attached hydrogens (primary N) is 1. The lowest BCUT2D eigenvalue weighted by Gasteiger charge is -2.53. The number of benzene rings is 2. The van der Waals surface area contributed by atoms with Gasteiger partial charge in [0, 0.05) is 35.7 Å². The smallest absolute Gasteiger partial charge is 0.314 e. The number of rotatable bonds is 6. The van der Waals surface area contributed by atoms with Crippen molar-refractivity contribution in [2.75, 3.05) is 18.0 Å². The number of fused-ring (bicyclic) bond motifs is 1. The van der Waals surface area contributed by atoms with Crippen molar-refractivity contribution in [1.82, 2.24) is 10.2 Å². The molecule has 0 radical (unpaired) electrons. The highest BCUT2D eigenvalue weighted by Crippen LogP contribution is 2.42. The van der Waals surface area contributed by atoms with Crippen LogP contribution in [-0.2, 0) is 20.9 Å². The Morgan fingerprint density at radius 3 is 2.55 bits per heavy atom. The molecule has 2 unspecified atom stereocenters. The third kappa shape index (κ3) is 4.49. The Bertz CT molecular complexity index is 1110. The third-order valence-electron chi connectivity index (χ3n) is 5.70. The fourth-order valence-corrected chi connectivity index (χ4v) is 5.20. The number of hydrogen-bond acceptors (Lipinski definition) is 8. The minimum absolute atomic E-state index is 0.0191. The Balaban J connectivity index is 1.32. The third-order valence-corrected chi connectivity index (χ3v) is 7.37. The molecule has 2 amide bonds. The van der Waals surface area contributed by atoms with Gasteiger partial charge in [0.15, 0.2) is 0 Å². The molecule has 0 bridgehead atoms. The van der Waals surface area contributed by atoms with Crippen LogP contribution >= 0.6 is 11.8 Å². The van der Waals surface area contributed by atoms with E-state index in [1.54, 1.807) is 36.1 Å². The molecule has 172 valence electrons. The predicted molar refractivity (Wildman–Crippen MR) is 121 cm³/mol. The summed E-state index contributed by atoms with van der Waals surface area (Å²) in [6, 6.07) is 11.5. The molecule has 0 spiro atoms. The summed E-state index contributed by atoms with van der Waals surface area (Å²) >= 11 is 1.42. The van der Waals surface area contributed by atoms with Crippen LogP contribution in [0, 0.1) is 15.5 Å². The van der Waals surface area contributed by atoms with Crippen molar-refractivity contribution in [3.8, 4) is 0 Å². The molecule has 0 aliphatic carbocycles. The summed E-state index contributed by atoms with van der Waals surface area (Å²) in [6.45, 7) is 1.91. The summed E-state index contributed by atoms with van der Waals surface area (Å²) in [5.74, 6) is -0.627. The topological polar surface area (TPSA) is 145 Å². The highest BCUT2D eigenvalue weighted by atomic mass is 32.2. The van der Waals surface area contributed by atoms with Crippen LogP contribution in [0.25, 0.3) is 0 Å². The molecular weight excluding hydrogens is 448 g/mol. The van der Waals surface area contributed by atoms with Crippen LogP contribution in [0.3, 0.4) is 0 Å². The zero-order valence-corrected chi connectivity index (χ0v) is 18.5. The Morgan fingerprint density at radius 1 is 1.24 bits per heavy atom. The second-order valence-corrected chi connectivity index (χ2v) is 9.41. The average molecular weight is 471 g/mol. The van der Waals surface area contributed by atoms with E-state index in [9.17, 15) is 24.5 Å². The minimum Gasteiger partial charge on any atom is -0.460 e. The van der Waals surface area contributed by atoms with E-state index in [4.69, 9.17) is 10.5 Å². The first kappa shape index (κ1) is 22.6. The normalized spacial score (nSPS) is 23.8. The van der Waals surface area contributed by atoms with E-state index in [1.165, 1.54) is 36.0 Å². The zero-order valence-electron chi connectivity index (χ0n) is 17.7. The molecule has 2 heterocycles. The summed E-state index contributed by atoms with van der Waals surface area (Å²) in [5.41, 5.74) is 6.28. The van der Waals surface area contributed by atoms with E-state index in [2.05, 4.69) is 5.32 Å². The van der Waals surface area contributed by atoms with Gasteiger partial charge >= 0.3 is 5.97 Å². The van der Waals surface area contributed by atoms with Gasteiger partial charge in [-0.1, -0.05) is 0 Å². The van der Waals surface area contributed by atoms with Crippen LogP contribution in [0.15, 0.2) is 48.5 Å². The molecule has 0 saturated carbocycles. The minimum atomic E-state index is -0.899. The van der Waals surface area contributed by atoms with Gasteiger partial charge in [-0.05, 0) is 48.9 Å². The molecule has 2 aromatic carbocycles. The number of nitro benzene ring substituents is 1. The summed E-state index contributed by atoms with van der Waals surface area (Å²) in [7, 11) is 0. The number of thioether (sulfide) groups is 1. The average Bonchev–Trinajstić information content (AvgIpc) is 2.81. The Hall–Kier alpha value is -3.60. The number of nitrogens with zero attached hydrogens (tertiary/aromatic N) is 2. The Labute approximate surface area is 193 Å². The number of carbonyl (C=O) groups excluding carboxylic acids is 3. The summed E-state index contributed by atoms with van der Waals surface area (Å²) in [4.78, 5) is 49.7. The van der Waals surface area contributed by atoms with Gasteiger partial charge < -0.3 is 20.7 Å². The van der Waals surface area contributed by atoms with Gasteiger partial charge in [0.1, 0.15) is 18.0 Å². The maximum Gasteiger partial charge on any atom is 0.314 e. The number of β-lactam (4-membered cyclic amide) rings is 1. The van der Waals surface area contributed by atoms with Crippen molar-refractivity contribution in [1.29, 1.82) is 0 Å². The molecule has 2 aromatic rings. The lowest BCUT2D eigenvalue weighted by molar-refractivity contribution is -0.384. The molecule has 2 fully saturated rings. The summed E-state index contributed by atoms with van der Waals surface area (Å²) in [6.07, 6.45) is 0. The number of ether oxygens (including phenoxy) is 1. The number of nitrogen functional groups attached to an aromatic ring is 1. The van der Waals surface area contributed by atoms with Crippen LogP contribution < -0.4 is 11.1 Å². The highest BCUT2D eigenvalue weighted by molar-refractivity contribution is 8.00. The maximum absolute atomic E-state index is 12.8. The van der Waals surface area contributed by atoms with Gasteiger partial charge in [-0.3, -0.25) is 24.5 Å². The van der Waals surface area contributed by atoms with E-state index >= 15 is 0 Å². The molecule has 11 heteroatoms. The molecule has 3 N–H and O–H groups in total. The number of esters is 1. The van der Waals surface area contributed by atoms with Crippen LogP contribution in [0.1, 0.15) is 22.8 Å². The van der Waals surface area contributed by atoms with Gasteiger partial charge in [-0.2, -0.15) is 0 Å². The molecule has 0 aromatic heterocycles. The van der Waals surface area contributed by atoms with E-state index in [1.807, 2.05) is 0 Å². The van der Waals surface area contributed by atoms with Gasteiger partial charge in [0.05, 0.1) is 10.3 Å². The standard InChI is InChI=1S/C22H22N4O6S/c1-22(21(29)32-10-13-2-8-16(9-3-13)26(30)31)11-25-19(28)17(20(25)33-12-22)24-18(27)14-4-6-15(23)7-5-14/h2-9,17,20H,10-12,23H2,1H3,(H,24,27)/t17?,20-,22?/m1/s1. The number of hydrogen-bond donors (Lipinski definition) is 2. The number of amides is 2. The summed E-state index contributed by atoms with van der Waals surface area (Å²) in [5, 5.41) is 13.3. The fraction of sp³-hybridized carbons (Fsp3) is 0.318. The van der Waals surface area contributed by atoms with Gasteiger partial charge in [-0.15, -0.1) is 11.8 Å². The van der Waals surface area contributed by atoms with Crippen molar-refractivity contribution in [3.63, 3.8) is 0 Å². The number of anilines is 1. The van der Waals surface area contributed by atoms with E-state index in [-0.39, 0.29) is 36.0 Å². The van der Waals surface area contributed by atoms with E-state index in [0.29, 0.717) is 22.6 Å². The van der Waals surface area contributed by atoms with E-state index in [0.717, 1.165) is 0 Å². The molecule has 4 rings (SSSR count). The predicted octanol–water partition coefficient (Wildman–Crippen LogP) is 1.94. The van der Waals surface area contributed by atoms with Crippen molar-refractivity contribution in [2.45, 2.75) is 24.9 Å². The summed E-state index contributed by atoms with van der Waals surface area (Å²) < 4.78 is 5.43. The molecular formula is C22H22N4O6S. The number of nitrogens with one attached hydrogen (secondary N) is 1. The van der Waals surface area contributed by atoms with Crippen molar-refractivity contribution in [3.05, 3.63) is 69.8 Å². The maximum atomic E-state index is 12.8. The number of carbonyl (C=O) groups is 3. The molecule has 10 nitrogen and oxygen atoms in total. The first-order valence-electron chi connectivity index (χ1n) is 10.2. The highest BCUT2D eigenvalue weighted by Gasteiger charge is 2.56. The van der Waals surface area contributed by atoms with Gasteiger partial charge in [0.2, 0.25) is 5.91 Å². The largest absolute Gasteiger partial charge is 0.460 e. The fourth-order valence-electron chi connectivity index (χ4n) is 3.72. The first-order chi connectivity index (χ1) is 15.7. The Morgan fingerprint density at radius 2 is 1.91 bits per heavy atom. The van der Waals surface area contributed by atoms with Crippen molar-refractivity contribution in [2.24, 2.45) is 5.41 Å². The molecule has 2 aliphatic heterocycles. The molecule has 2 saturated heterocycles. The lowest BCUT2D eigenvalue weighted by Crippen LogP contribution is -2.73. The van der Waals surface area contributed by atoms with Crippen molar-refractivity contribution >= 4 is 40.9 Å². The van der Waals surface area contributed by atoms with Gasteiger partial charge in [-0.25, -0.2) is 0 Å². The van der Waals surface area contributed by atoms with E-state index < -0.39 is 22.3 Å². The second-order valence-electron chi connectivity index (χ2n) is 8.30. The zero-order chi connectivity index (χ0) is 23.8. The number of non-ortho nitro benzene ring substituents is 1. The molecule has 3 atom stereocenters. The van der Waals surface area contributed by atoms with Crippen LogP contribution in [-0.4, -0.2) is 51.3 Å². The Kier molecular flexibility index (Phi) is 5.98. The molecule has 33 heavy (non-hydrogen) atoms.